The van der Waals surface area contributed by atoms with Crippen molar-refractivity contribution in [2.24, 2.45) is 7.05 Å². The van der Waals surface area contributed by atoms with E-state index in [2.05, 4.69) is 10.2 Å². The van der Waals surface area contributed by atoms with Crippen LogP contribution in [0.2, 0.25) is 0 Å². The third-order valence-electron chi connectivity index (χ3n) is 6.43. The zero-order valence-corrected chi connectivity index (χ0v) is 16.5. The molecular formula is C21H25F3N4O. The van der Waals surface area contributed by atoms with Crippen LogP contribution >= 0.6 is 0 Å². The Kier molecular flexibility index (Phi) is 5.12. The quantitative estimate of drug-likeness (QED) is 0.773. The number of carbonyl (C=O) groups is 1. The van der Waals surface area contributed by atoms with E-state index in [1.165, 1.54) is 12.1 Å². The highest BCUT2D eigenvalue weighted by molar-refractivity contribution is 5.89. The average Bonchev–Trinajstić information content (AvgIpc) is 3.37. The van der Waals surface area contributed by atoms with Gasteiger partial charge in [0.05, 0.1) is 11.0 Å². The number of hydrogen-bond donors (Lipinski definition) is 0. The summed E-state index contributed by atoms with van der Waals surface area (Å²) in [5.41, 5.74) is -1.05. The summed E-state index contributed by atoms with van der Waals surface area (Å²) in [7, 11) is 1.89. The van der Waals surface area contributed by atoms with E-state index in [-0.39, 0.29) is 11.8 Å². The van der Waals surface area contributed by atoms with Crippen LogP contribution < -0.4 is 0 Å². The topological polar surface area (TPSA) is 51.0 Å². The summed E-state index contributed by atoms with van der Waals surface area (Å²) >= 11 is 0. The van der Waals surface area contributed by atoms with E-state index in [9.17, 15) is 18.0 Å². The second-order valence-electron chi connectivity index (χ2n) is 8.26. The highest BCUT2D eigenvalue weighted by atomic mass is 19.4. The van der Waals surface area contributed by atoms with E-state index >= 15 is 0 Å². The molecule has 1 amide bonds. The summed E-state index contributed by atoms with van der Waals surface area (Å²) in [6.07, 6.45) is 1.90. The van der Waals surface area contributed by atoms with Crippen LogP contribution in [-0.4, -0.2) is 38.7 Å². The van der Waals surface area contributed by atoms with Crippen LogP contribution in [0.25, 0.3) is 0 Å². The van der Waals surface area contributed by atoms with E-state index in [0.717, 1.165) is 37.6 Å². The van der Waals surface area contributed by atoms with E-state index in [4.69, 9.17) is 0 Å². The number of piperidine rings is 1. The number of aryl methyl sites for hydroxylation is 1. The lowest BCUT2D eigenvalue weighted by Crippen LogP contribution is -2.49. The van der Waals surface area contributed by atoms with Gasteiger partial charge in [-0.2, -0.15) is 13.2 Å². The number of carbonyl (C=O) groups excluding carboxylic acids is 1. The van der Waals surface area contributed by atoms with Gasteiger partial charge in [-0.1, -0.05) is 31.0 Å². The fourth-order valence-corrected chi connectivity index (χ4v) is 4.93. The molecule has 1 saturated carbocycles. The van der Waals surface area contributed by atoms with Crippen molar-refractivity contribution in [3.8, 4) is 0 Å². The van der Waals surface area contributed by atoms with E-state index in [1.54, 1.807) is 12.4 Å². The monoisotopic (exact) mass is 406 g/mol. The summed E-state index contributed by atoms with van der Waals surface area (Å²) in [5.74, 6) is 0.906. The number of hydrogen-bond acceptors (Lipinski definition) is 3. The molecule has 1 atom stereocenters. The summed E-state index contributed by atoms with van der Waals surface area (Å²) in [4.78, 5) is 15.5. The predicted octanol–water partition coefficient (Wildman–Crippen LogP) is 4.05. The van der Waals surface area contributed by atoms with E-state index < -0.39 is 17.2 Å². The minimum atomic E-state index is -4.42. The normalized spacial score (nSPS) is 22.1. The van der Waals surface area contributed by atoms with Gasteiger partial charge >= 0.3 is 6.18 Å². The molecule has 2 fully saturated rings. The maximum absolute atomic E-state index is 13.7. The lowest BCUT2D eigenvalue weighted by atomic mass is 9.76. The van der Waals surface area contributed by atoms with Crippen LogP contribution in [-0.2, 0) is 23.4 Å². The first kappa shape index (κ1) is 19.9. The van der Waals surface area contributed by atoms with Gasteiger partial charge in [0, 0.05) is 26.1 Å². The fourth-order valence-electron chi connectivity index (χ4n) is 4.93. The van der Waals surface area contributed by atoms with Crippen molar-refractivity contribution >= 4 is 5.91 Å². The van der Waals surface area contributed by atoms with Gasteiger partial charge in [-0.25, -0.2) is 0 Å². The molecule has 8 heteroatoms. The van der Waals surface area contributed by atoms with Crippen LogP contribution in [0.1, 0.15) is 61.4 Å². The van der Waals surface area contributed by atoms with Crippen LogP contribution in [0.3, 0.4) is 0 Å². The highest BCUT2D eigenvalue weighted by Crippen LogP contribution is 2.45. The van der Waals surface area contributed by atoms with E-state index in [1.807, 2.05) is 16.5 Å². The lowest BCUT2D eigenvalue weighted by Gasteiger charge is -2.39. The molecule has 156 valence electrons. The number of aromatic nitrogens is 3. The molecular weight excluding hydrogens is 381 g/mol. The van der Waals surface area contributed by atoms with Gasteiger partial charge in [0.15, 0.2) is 0 Å². The molecule has 1 aliphatic carbocycles. The molecule has 29 heavy (non-hydrogen) atoms. The molecule has 2 heterocycles. The first-order chi connectivity index (χ1) is 13.8. The van der Waals surface area contributed by atoms with Gasteiger partial charge in [-0.05, 0) is 37.3 Å². The third-order valence-corrected chi connectivity index (χ3v) is 6.43. The Morgan fingerprint density at radius 2 is 1.97 bits per heavy atom. The minimum absolute atomic E-state index is 0.0406. The second-order valence-corrected chi connectivity index (χ2v) is 8.26. The van der Waals surface area contributed by atoms with Crippen LogP contribution in [0.4, 0.5) is 13.2 Å². The lowest BCUT2D eigenvalue weighted by molar-refractivity contribution is -0.140. The molecule has 2 aliphatic rings. The number of amides is 1. The zero-order valence-electron chi connectivity index (χ0n) is 16.5. The molecule has 5 nitrogen and oxygen atoms in total. The largest absolute Gasteiger partial charge is 0.416 e. The first-order valence-electron chi connectivity index (χ1n) is 10.1. The number of rotatable bonds is 3. The Morgan fingerprint density at radius 1 is 1.21 bits per heavy atom. The summed E-state index contributed by atoms with van der Waals surface area (Å²) in [6, 6.07) is 5.35. The number of benzene rings is 1. The zero-order chi connectivity index (χ0) is 20.6. The number of alkyl halides is 3. The van der Waals surface area contributed by atoms with Crippen molar-refractivity contribution in [2.45, 2.75) is 56.0 Å². The molecule has 1 aromatic carbocycles. The van der Waals surface area contributed by atoms with Gasteiger partial charge in [0.2, 0.25) is 5.91 Å². The van der Waals surface area contributed by atoms with Crippen LogP contribution in [0.15, 0.2) is 30.6 Å². The molecule has 1 aliphatic heterocycles. The minimum Gasteiger partial charge on any atom is -0.341 e. The average molecular weight is 406 g/mol. The molecule has 1 saturated heterocycles. The molecule has 0 radical (unpaired) electrons. The van der Waals surface area contributed by atoms with Gasteiger partial charge in [0.1, 0.15) is 12.2 Å². The Bertz CT molecular complexity index is 886. The van der Waals surface area contributed by atoms with Crippen molar-refractivity contribution in [3.05, 3.63) is 47.5 Å². The predicted molar refractivity (Wildman–Crippen MR) is 101 cm³/mol. The molecule has 0 spiro atoms. The first-order valence-corrected chi connectivity index (χ1v) is 10.1. The molecule has 0 bridgehead atoms. The third kappa shape index (κ3) is 3.65. The van der Waals surface area contributed by atoms with Crippen LogP contribution in [0, 0.1) is 0 Å². The Balaban J connectivity index is 1.63. The summed E-state index contributed by atoms with van der Waals surface area (Å²) in [5, 5.41) is 8.14. The van der Waals surface area contributed by atoms with Gasteiger partial charge in [-0.3, -0.25) is 4.79 Å². The SMILES string of the molecule is Cn1cnnc1[C@H]1CCCN(C(=O)C2(c3cccc(C(F)(F)F)c3)CCCC2)C1. The van der Waals surface area contributed by atoms with Crippen molar-refractivity contribution in [1.82, 2.24) is 19.7 Å². The van der Waals surface area contributed by atoms with E-state index in [0.29, 0.717) is 31.5 Å². The number of likely N-dealkylation sites (tertiary alicyclic amines) is 1. The Morgan fingerprint density at radius 3 is 2.62 bits per heavy atom. The van der Waals surface area contributed by atoms with Crippen molar-refractivity contribution in [2.75, 3.05) is 13.1 Å². The van der Waals surface area contributed by atoms with Crippen molar-refractivity contribution in [3.63, 3.8) is 0 Å². The molecule has 1 aromatic heterocycles. The number of halogens is 3. The van der Waals surface area contributed by atoms with Crippen LogP contribution in [0.5, 0.6) is 0 Å². The van der Waals surface area contributed by atoms with Crippen molar-refractivity contribution < 1.29 is 18.0 Å². The Hall–Kier alpha value is -2.38. The fraction of sp³-hybridized carbons (Fsp3) is 0.571. The smallest absolute Gasteiger partial charge is 0.341 e. The van der Waals surface area contributed by atoms with Gasteiger partial charge in [0.25, 0.3) is 0 Å². The second kappa shape index (κ2) is 7.46. The standard InChI is InChI=1S/C21H25F3N4O/c1-27-14-25-26-18(27)15-6-5-11-28(13-15)19(29)20(9-2-3-10-20)16-7-4-8-17(12-16)21(22,23)24/h4,7-8,12,14-15H,2-3,5-6,9-11,13H2,1H3/t15-/m0/s1. The van der Waals surface area contributed by atoms with Gasteiger partial charge in [-0.15, -0.1) is 10.2 Å². The summed E-state index contributed by atoms with van der Waals surface area (Å²) in [6.45, 7) is 1.17. The molecule has 0 N–H and O–H groups in total. The molecule has 2 aromatic rings. The Labute approximate surface area is 167 Å². The number of nitrogens with zero attached hydrogens (tertiary/aromatic N) is 4. The molecule has 0 unspecified atom stereocenters. The highest BCUT2D eigenvalue weighted by Gasteiger charge is 2.46. The van der Waals surface area contributed by atoms with Crippen molar-refractivity contribution in [1.29, 1.82) is 0 Å². The summed E-state index contributed by atoms with van der Waals surface area (Å²) < 4.78 is 41.7. The van der Waals surface area contributed by atoms with Gasteiger partial charge < -0.3 is 9.47 Å². The molecule has 4 rings (SSSR count). The maximum Gasteiger partial charge on any atom is 0.416 e. The maximum atomic E-state index is 13.7.